The number of hydrogen-bond acceptors (Lipinski definition) is 2. The van der Waals surface area contributed by atoms with Gasteiger partial charge in [-0.3, -0.25) is 0 Å². The van der Waals surface area contributed by atoms with Crippen LogP contribution in [0.4, 0.5) is 0 Å². The SMILES string of the molecule is COCCCCCn1c(=S)[nH]c2c(C)cccc21. The number of methoxy groups -OCH3 is 1. The minimum Gasteiger partial charge on any atom is -0.385 e. The molecule has 0 spiro atoms. The van der Waals surface area contributed by atoms with Crippen molar-refractivity contribution in [1.82, 2.24) is 9.55 Å². The minimum absolute atomic E-state index is 0.825. The predicted molar refractivity (Wildman–Crippen MR) is 77.6 cm³/mol. The Bertz CT molecular complexity index is 571. The summed E-state index contributed by atoms with van der Waals surface area (Å²) in [6.45, 7) is 3.93. The lowest BCUT2D eigenvalue weighted by Crippen LogP contribution is -1.99. The van der Waals surface area contributed by atoms with E-state index in [1.54, 1.807) is 7.11 Å². The summed E-state index contributed by atoms with van der Waals surface area (Å²) < 4.78 is 8.08. The van der Waals surface area contributed by atoms with Crippen molar-refractivity contribution in [2.24, 2.45) is 0 Å². The van der Waals surface area contributed by atoms with Crippen molar-refractivity contribution in [2.45, 2.75) is 32.7 Å². The molecule has 2 rings (SSSR count). The van der Waals surface area contributed by atoms with E-state index in [0.717, 1.165) is 30.8 Å². The van der Waals surface area contributed by atoms with Crippen molar-refractivity contribution >= 4 is 23.3 Å². The van der Waals surface area contributed by atoms with Crippen LogP contribution in [0.3, 0.4) is 0 Å². The molecule has 18 heavy (non-hydrogen) atoms. The Morgan fingerprint density at radius 2 is 2.11 bits per heavy atom. The van der Waals surface area contributed by atoms with Gasteiger partial charge < -0.3 is 14.3 Å². The highest BCUT2D eigenvalue weighted by Crippen LogP contribution is 2.18. The van der Waals surface area contributed by atoms with Crippen LogP contribution in [0.2, 0.25) is 0 Å². The molecule has 1 N–H and O–H groups in total. The number of ether oxygens (including phenoxy) is 1. The molecule has 0 saturated heterocycles. The van der Waals surface area contributed by atoms with Gasteiger partial charge in [-0.25, -0.2) is 0 Å². The van der Waals surface area contributed by atoms with E-state index < -0.39 is 0 Å². The third-order valence-corrected chi connectivity index (χ3v) is 3.57. The molecule has 0 amide bonds. The molecule has 4 heteroatoms. The predicted octanol–water partition coefficient (Wildman–Crippen LogP) is 3.82. The summed E-state index contributed by atoms with van der Waals surface area (Å²) in [6.07, 6.45) is 3.43. The molecular formula is C14H20N2OS. The fourth-order valence-electron chi connectivity index (χ4n) is 2.24. The van der Waals surface area contributed by atoms with Gasteiger partial charge in [0.15, 0.2) is 4.77 Å². The zero-order chi connectivity index (χ0) is 13.0. The molecule has 1 heterocycles. The zero-order valence-corrected chi connectivity index (χ0v) is 11.8. The van der Waals surface area contributed by atoms with Crippen LogP contribution in [0.5, 0.6) is 0 Å². The van der Waals surface area contributed by atoms with E-state index >= 15 is 0 Å². The number of rotatable bonds is 6. The van der Waals surface area contributed by atoms with Crippen LogP contribution in [0.25, 0.3) is 11.0 Å². The van der Waals surface area contributed by atoms with Gasteiger partial charge >= 0.3 is 0 Å². The fourth-order valence-corrected chi connectivity index (χ4v) is 2.53. The maximum Gasteiger partial charge on any atom is 0.178 e. The summed E-state index contributed by atoms with van der Waals surface area (Å²) in [7, 11) is 1.75. The molecule has 0 atom stereocenters. The third-order valence-electron chi connectivity index (χ3n) is 3.25. The van der Waals surface area contributed by atoms with Gasteiger partial charge in [0.2, 0.25) is 0 Å². The first-order valence-electron chi connectivity index (χ1n) is 6.41. The number of aryl methyl sites for hydroxylation is 2. The number of nitrogens with one attached hydrogen (secondary N) is 1. The zero-order valence-electron chi connectivity index (χ0n) is 11.0. The normalized spacial score (nSPS) is 11.2. The number of benzene rings is 1. The first kappa shape index (κ1) is 13.3. The Kier molecular flexibility index (Phi) is 4.55. The molecule has 0 saturated carbocycles. The summed E-state index contributed by atoms with van der Waals surface area (Å²) in [5, 5.41) is 0. The summed E-state index contributed by atoms with van der Waals surface area (Å²) in [5.41, 5.74) is 3.63. The van der Waals surface area contributed by atoms with E-state index in [2.05, 4.69) is 34.7 Å². The Morgan fingerprint density at radius 1 is 1.28 bits per heavy atom. The molecule has 0 aliphatic carbocycles. The molecule has 1 aromatic carbocycles. The second kappa shape index (κ2) is 6.16. The van der Waals surface area contributed by atoms with Gasteiger partial charge in [-0.1, -0.05) is 12.1 Å². The summed E-state index contributed by atoms with van der Waals surface area (Å²) in [6, 6.07) is 6.32. The summed E-state index contributed by atoms with van der Waals surface area (Å²) >= 11 is 5.40. The molecule has 0 unspecified atom stereocenters. The van der Waals surface area contributed by atoms with Crippen LogP contribution in [-0.2, 0) is 11.3 Å². The quantitative estimate of drug-likeness (QED) is 0.635. The van der Waals surface area contributed by atoms with Gasteiger partial charge in [-0.2, -0.15) is 0 Å². The van der Waals surface area contributed by atoms with Gasteiger partial charge in [0, 0.05) is 20.3 Å². The van der Waals surface area contributed by atoms with Crippen LogP contribution < -0.4 is 0 Å². The highest BCUT2D eigenvalue weighted by atomic mass is 32.1. The Morgan fingerprint density at radius 3 is 2.89 bits per heavy atom. The van der Waals surface area contributed by atoms with Crippen molar-refractivity contribution < 1.29 is 4.74 Å². The standard InChI is InChI=1S/C14H20N2OS/c1-11-7-6-8-12-13(11)15-14(18)16(12)9-4-3-5-10-17-2/h6-8H,3-5,9-10H2,1-2H3,(H,15,18). The maximum atomic E-state index is 5.40. The van der Waals surface area contributed by atoms with E-state index in [-0.39, 0.29) is 0 Å². The van der Waals surface area contributed by atoms with E-state index in [4.69, 9.17) is 17.0 Å². The van der Waals surface area contributed by atoms with Crippen LogP contribution in [0.1, 0.15) is 24.8 Å². The number of nitrogens with zero attached hydrogens (tertiary/aromatic N) is 1. The number of H-pyrrole nitrogens is 1. The molecule has 0 bridgehead atoms. The van der Waals surface area contributed by atoms with Crippen molar-refractivity contribution in [1.29, 1.82) is 0 Å². The molecule has 3 nitrogen and oxygen atoms in total. The van der Waals surface area contributed by atoms with Gasteiger partial charge in [0.25, 0.3) is 0 Å². The third kappa shape index (κ3) is 2.82. The second-order valence-corrected chi connectivity index (χ2v) is 4.99. The summed E-state index contributed by atoms with van der Waals surface area (Å²) in [5.74, 6) is 0. The number of imidazole rings is 1. The average Bonchev–Trinajstić information content (AvgIpc) is 2.68. The lowest BCUT2D eigenvalue weighted by Gasteiger charge is -2.05. The number of hydrogen-bond donors (Lipinski definition) is 1. The Labute approximate surface area is 113 Å². The van der Waals surface area contributed by atoms with Crippen LogP contribution in [-0.4, -0.2) is 23.3 Å². The van der Waals surface area contributed by atoms with E-state index in [1.165, 1.54) is 23.0 Å². The van der Waals surface area contributed by atoms with E-state index in [9.17, 15) is 0 Å². The Balaban J connectivity index is 2.11. The van der Waals surface area contributed by atoms with Crippen molar-refractivity contribution in [3.05, 3.63) is 28.5 Å². The topological polar surface area (TPSA) is 29.9 Å². The maximum absolute atomic E-state index is 5.40. The van der Waals surface area contributed by atoms with Gasteiger partial charge in [0.1, 0.15) is 0 Å². The molecule has 0 fully saturated rings. The fraction of sp³-hybridized carbons (Fsp3) is 0.500. The second-order valence-electron chi connectivity index (χ2n) is 4.60. The van der Waals surface area contributed by atoms with Gasteiger partial charge in [-0.15, -0.1) is 0 Å². The van der Waals surface area contributed by atoms with Crippen molar-refractivity contribution in [3.8, 4) is 0 Å². The van der Waals surface area contributed by atoms with E-state index in [0.29, 0.717) is 0 Å². The monoisotopic (exact) mass is 264 g/mol. The number of aromatic nitrogens is 2. The molecule has 98 valence electrons. The van der Waals surface area contributed by atoms with E-state index in [1.807, 2.05) is 0 Å². The highest BCUT2D eigenvalue weighted by molar-refractivity contribution is 7.71. The average molecular weight is 264 g/mol. The number of unbranched alkanes of at least 4 members (excludes halogenated alkanes) is 2. The lowest BCUT2D eigenvalue weighted by molar-refractivity contribution is 0.191. The van der Waals surface area contributed by atoms with Crippen molar-refractivity contribution in [3.63, 3.8) is 0 Å². The Hall–Kier alpha value is -1.13. The molecular weight excluding hydrogens is 244 g/mol. The molecule has 0 aliphatic rings. The minimum atomic E-state index is 0.825. The van der Waals surface area contributed by atoms with Crippen LogP contribution in [0, 0.1) is 11.7 Å². The first-order valence-corrected chi connectivity index (χ1v) is 6.82. The van der Waals surface area contributed by atoms with Crippen LogP contribution >= 0.6 is 12.2 Å². The number of para-hydroxylation sites is 1. The molecule has 1 aromatic heterocycles. The van der Waals surface area contributed by atoms with Crippen molar-refractivity contribution in [2.75, 3.05) is 13.7 Å². The van der Waals surface area contributed by atoms with Gasteiger partial charge in [-0.05, 0) is 50.0 Å². The number of fused-ring (bicyclic) bond motifs is 1. The summed E-state index contributed by atoms with van der Waals surface area (Å²) in [4.78, 5) is 3.30. The van der Waals surface area contributed by atoms with Gasteiger partial charge in [0.05, 0.1) is 11.0 Å². The largest absolute Gasteiger partial charge is 0.385 e. The highest BCUT2D eigenvalue weighted by Gasteiger charge is 2.05. The lowest BCUT2D eigenvalue weighted by atomic mass is 10.2. The first-order chi connectivity index (χ1) is 8.74. The smallest absolute Gasteiger partial charge is 0.178 e. The van der Waals surface area contributed by atoms with Crippen LogP contribution in [0.15, 0.2) is 18.2 Å². The molecule has 0 radical (unpaired) electrons. The molecule has 0 aliphatic heterocycles. The number of aromatic amines is 1. The molecule has 2 aromatic rings.